The number of carbonyl (C=O) groups excluding carboxylic acids is 1. The van der Waals surface area contributed by atoms with Gasteiger partial charge in [0.2, 0.25) is 5.91 Å². The first-order valence-electron chi connectivity index (χ1n) is 9.72. The van der Waals surface area contributed by atoms with E-state index in [1.165, 1.54) is 11.1 Å². The van der Waals surface area contributed by atoms with Crippen molar-refractivity contribution in [3.05, 3.63) is 65.0 Å². The number of carbonyl (C=O) groups is 1. The highest BCUT2D eigenvalue weighted by Gasteiger charge is 2.20. The van der Waals surface area contributed by atoms with Crippen LogP contribution in [0.25, 0.3) is 0 Å². The molecule has 5 nitrogen and oxygen atoms in total. The van der Waals surface area contributed by atoms with Crippen molar-refractivity contribution in [1.82, 2.24) is 20.1 Å². The van der Waals surface area contributed by atoms with E-state index in [4.69, 9.17) is 0 Å². The molecule has 0 unspecified atom stereocenters. The Bertz CT molecular complexity index is 751. The molecule has 1 fully saturated rings. The van der Waals surface area contributed by atoms with Crippen LogP contribution in [0.2, 0.25) is 0 Å². The Labute approximate surface area is 162 Å². The van der Waals surface area contributed by atoms with E-state index in [2.05, 4.69) is 64.3 Å². The molecule has 1 aliphatic heterocycles. The molecule has 0 saturated carbocycles. The van der Waals surface area contributed by atoms with Gasteiger partial charge in [0.15, 0.2) is 0 Å². The largest absolute Gasteiger partial charge is 0.348 e. The molecule has 3 rings (SSSR count). The Morgan fingerprint density at radius 3 is 2.41 bits per heavy atom. The van der Waals surface area contributed by atoms with Crippen molar-refractivity contribution in [2.45, 2.75) is 33.4 Å². The minimum absolute atomic E-state index is 0.0338. The van der Waals surface area contributed by atoms with Crippen LogP contribution >= 0.6 is 0 Å². The van der Waals surface area contributed by atoms with Crippen LogP contribution in [0, 0.1) is 13.8 Å². The number of nitrogens with one attached hydrogen (secondary N) is 1. The van der Waals surface area contributed by atoms with Crippen molar-refractivity contribution in [2.75, 3.05) is 32.7 Å². The molecule has 1 atom stereocenters. The lowest BCUT2D eigenvalue weighted by molar-refractivity contribution is -0.123. The Morgan fingerprint density at radius 2 is 1.74 bits per heavy atom. The van der Waals surface area contributed by atoms with E-state index in [-0.39, 0.29) is 11.9 Å². The minimum Gasteiger partial charge on any atom is -0.348 e. The lowest BCUT2D eigenvalue weighted by atomic mass is 10.1. The molecule has 5 heteroatoms. The summed E-state index contributed by atoms with van der Waals surface area (Å²) in [5.41, 5.74) is 4.76. The highest BCUT2D eigenvalue weighted by molar-refractivity contribution is 5.78. The van der Waals surface area contributed by atoms with Gasteiger partial charge in [-0.05, 0) is 38.0 Å². The summed E-state index contributed by atoms with van der Waals surface area (Å²) in [6.45, 7) is 11.3. The van der Waals surface area contributed by atoms with E-state index in [0.717, 1.165) is 44.0 Å². The summed E-state index contributed by atoms with van der Waals surface area (Å²) in [6.07, 6.45) is 1.86. The van der Waals surface area contributed by atoms with Crippen molar-refractivity contribution in [1.29, 1.82) is 0 Å². The summed E-state index contributed by atoms with van der Waals surface area (Å²) < 4.78 is 0. The van der Waals surface area contributed by atoms with Crippen LogP contribution in [0.1, 0.15) is 35.3 Å². The van der Waals surface area contributed by atoms with Crippen LogP contribution in [0.3, 0.4) is 0 Å². The van der Waals surface area contributed by atoms with Gasteiger partial charge in [-0.15, -0.1) is 0 Å². The molecule has 1 aromatic carbocycles. The SMILES string of the molecule is Cc1ccc([C@@H](C)NC(=O)CN2CCN(Cc3ncccc3C)CC2)cc1. The fourth-order valence-corrected chi connectivity index (χ4v) is 3.43. The van der Waals surface area contributed by atoms with E-state index >= 15 is 0 Å². The highest BCUT2D eigenvalue weighted by Crippen LogP contribution is 2.13. The van der Waals surface area contributed by atoms with E-state index in [0.29, 0.717) is 6.54 Å². The quantitative estimate of drug-likeness (QED) is 0.854. The smallest absolute Gasteiger partial charge is 0.234 e. The fraction of sp³-hybridized carbons (Fsp3) is 0.455. The molecule has 144 valence electrons. The molecule has 0 bridgehead atoms. The van der Waals surface area contributed by atoms with E-state index in [1.54, 1.807) is 0 Å². The summed E-state index contributed by atoms with van der Waals surface area (Å²) in [5.74, 6) is 0.0945. The topological polar surface area (TPSA) is 48.5 Å². The Kier molecular flexibility index (Phi) is 6.58. The van der Waals surface area contributed by atoms with Crippen LogP contribution in [0.5, 0.6) is 0 Å². The average molecular weight is 367 g/mol. The van der Waals surface area contributed by atoms with Gasteiger partial charge in [0, 0.05) is 38.9 Å². The fourth-order valence-electron chi connectivity index (χ4n) is 3.43. The lowest BCUT2D eigenvalue weighted by Crippen LogP contribution is -2.49. The molecule has 1 aliphatic rings. The number of pyridine rings is 1. The van der Waals surface area contributed by atoms with Crippen molar-refractivity contribution in [3.63, 3.8) is 0 Å². The number of piperazine rings is 1. The zero-order valence-corrected chi connectivity index (χ0v) is 16.6. The van der Waals surface area contributed by atoms with Crippen LogP contribution < -0.4 is 5.32 Å². The minimum atomic E-state index is 0.0338. The third-order valence-electron chi connectivity index (χ3n) is 5.28. The van der Waals surface area contributed by atoms with Gasteiger partial charge in [-0.3, -0.25) is 19.6 Å². The van der Waals surface area contributed by atoms with Gasteiger partial charge in [-0.2, -0.15) is 0 Å². The number of benzene rings is 1. The molecule has 1 amide bonds. The van der Waals surface area contributed by atoms with Gasteiger partial charge in [0.1, 0.15) is 0 Å². The zero-order chi connectivity index (χ0) is 19.2. The molecule has 2 aromatic rings. The van der Waals surface area contributed by atoms with E-state index in [9.17, 15) is 4.79 Å². The molecule has 0 radical (unpaired) electrons. The summed E-state index contributed by atoms with van der Waals surface area (Å²) in [6, 6.07) is 12.5. The first-order chi connectivity index (χ1) is 13.0. The van der Waals surface area contributed by atoms with Gasteiger partial charge in [0.25, 0.3) is 0 Å². The van der Waals surface area contributed by atoms with Crippen LogP contribution in [-0.2, 0) is 11.3 Å². The number of amides is 1. The molecule has 1 N–H and O–H groups in total. The second-order valence-electron chi connectivity index (χ2n) is 7.52. The molecule has 2 heterocycles. The van der Waals surface area contributed by atoms with Gasteiger partial charge in [-0.1, -0.05) is 35.9 Å². The zero-order valence-electron chi connectivity index (χ0n) is 16.6. The predicted molar refractivity (Wildman–Crippen MR) is 108 cm³/mol. The molecule has 0 spiro atoms. The summed E-state index contributed by atoms with van der Waals surface area (Å²) in [7, 11) is 0. The van der Waals surface area contributed by atoms with Gasteiger partial charge >= 0.3 is 0 Å². The average Bonchev–Trinajstić information content (AvgIpc) is 2.65. The van der Waals surface area contributed by atoms with Crippen molar-refractivity contribution >= 4 is 5.91 Å². The van der Waals surface area contributed by atoms with Crippen molar-refractivity contribution < 1.29 is 4.79 Å². The second-order valence-corrected chi connectivity index (χ2v) is 7.52. The second kappa shape index (κ2) is 9.11. The number of aromatic nitrogens is 1. The first kappa shape index (κ1) is 19.5. The van der Waals surface area contributed by atoms with Gasteiger partial charge < -0.3 is 5.32 Å². The lowest BCUT2D eigenvalue weighted by Gasteiger charge is -2.34. The molecular weight excluding hydrogens is 336 g/mol. The summed E-state index contributed by atoms with van der Waals surface area (Å²) in [4.78, 5) is 21.5. The molecule has 1 saturated heterocycles. The van der Waals surface area contributed by atoms with E-state index < -0.39 is 0 Å². The van der Waals surface area contributed by atoms with Gasteiger partial charge in [0.05, 0.1) is 18.3 Å². The normalized spacial score (nSPS) is 16.9. The Morgan fingerprint density at radius 1 is 1.07 bits per heavy atom. The van der Waals surface area contributed by atoms with Crippen LogP contribution in [0.4, 0.5) is 0 Å². The number of nitrogens with zero attached hydrogens (tertiary/aromatic N) is 3. The molecule has 1 aromatic heterocycles. The number of hydrogen-bond acceptors (Lipinski definition) is 4. The van der Waals surface area contributed by atoms with Crippen LogP contribution in [-0.4, -0.2) is 53.4 Å². The third kappa shape index (κ3) is 5.62. The maximum Gasteiger partial charge on any atom is 0.234 e. The summed E-state index contributed by atoms with van der Waals surface area (Å²) >= 11 is 0. The van der Waals surface area contributed by atoms with Crippen LogP contribution in [0.15, 0.2) is 42.6 Å². The van der Waals surface area contributed by atoms with Crippen molar-refractivity contribution in [3.8, 4) is 0 Å². The number of hydrogen-bond donors (Lipinski definition) is 1. The molecular formula is C22H30N4O. The van der Waals surface area contributed by atoms with Gasteiger partial charge in [-0.25, -0.2) is 0 Å². The Balaban J connectivity index is 1.42. The Hall–Kier alpha value is -2.24. The van der Waals surface area contributed by atoms with E-state index in [1.807, 2.05) is 19.2 Å². The first-order valence-corrected chi connectivity index (χ1v) is 9.72. The third-order valence-corrected chi connectivity index (χ3v) is 5.28. The maximum absolute atomic E-state index is 12.4. The predicted octanol–water partition coefficient (Wildman–Crippen LogP) is 2.69. The summed E-state index contributed by atoms with van der Waals surface area (Å²) in [5, 5.41) is 3.12. The molecule has 27 heavy (non-hydrogen) atoms. The number of rotatable bonds is 6. The molecule has 0 aliphatic carbocycles. The maximum atomic E-state index is 12.4. The highest BCUT2D eigenvalue weighted by atomic mass is 16.2. The standard InChI is InChI=1S/C22H30N4O/c1-17-6-8-20(9-7-17)19(3)24-22(27)16-26-13-11-25(12-14-26)15-21-18(2)5-4-10-23-21/h4-10,19H,11-16H2,1-3H3,(H,24,27)/t19-/m1/s1. The monoisotopic (exact) mass is 366 g/mol. The number of aryl methyl sites for hydroxylation is 2. The van der Waals surface area contributed by atoms with Crippen molar-refractivity contribution in [2.24, 2.45) is 0 Å².